The zero-order chi connectivity index (χ0) is 11.7. The SMILES string of the molecule is CC(=O)c1cnc(N2CCC(C)CC2C)s1. The fraction of sp³-hybridized carbons (Fsp3) is 0.667. The molecule has 1 saturated heterocycles. The molecule has 0 bridgehead atoms. The third kappa shape index (κ3) is 2.26. The third-order valence-corrected chi connectivity index (χ3v) is 4.36. The van der Waals surface area contributed by atoms with E-state index in [1.165, 1.54) is 24.2 Å². The number of Topliss-reactive ketones (excluding diaryl/α,β-unsaturated/α-hetero) is 1. The summed E-state index contributed by atoms with van der Waals surface area (Å²) in [5.41, 5.74) is 0. The van der Waals surface area contributed by atoms with Gasteiger partial charge in [0.1, 0.15) is 0 Å². The Kier molecular flexibility index (Phi) is 3.28. The summed E-state index contributed by atoms with van der Waals surface area (Å²) in [6.45, 7) is 7.20. The number of carbonyl (C=O) groups is 1. The van der Waals surface area contributed by atoms with Gasteiger partial charge in [0.25, 0.3) is 0 Å². The van der Waals surface area contributed by atoms with Crippen molar-refractivity contribution in [3.63, 3.8) is 0 Å². The molecule has 1 aromatic heterocycles. The zero-order valence-electron chi connectivity index (χ0n) is 10.1. The summed E-state index contributed by atoms with van der Waals surface area (Å²) in [4.78, 5) is 18.7. The number of thiazole rings is 1. The van der Waals surface area contributed by atoms with Gasteiger partial charge < -0.3 is 4.90 Å². The van der Waals surface area contributed by atoms with Crippen LogP contribution in [0, 0.1) is 5.92 Å². The van der Waals surface area contributed by atoms with Crippen molar-refractivity contribution in [3.8, 4) is 0 Å². The van der Waals surface area contributed by atoms with Crippen molar-refractivity contribution >= 4 is 22.3 Å². The van der Waals surface area contributed by atoms with E-state index in [2.05, 4.69) is 23.7 Å². The van der Waals surface area contributed by atoms with Crippen LogP contribution < -0.4 is 4.90 Å². The van der Waals surface area contributed by atoms with Gasteiger partial charge >= 0.3 is 0 Å². The molecule has 3 nitrogen and oxygen atoms in total. The molecule has 0 radical (unpaired) electrons. The Morgan fingerprint density at radius 2 is 2.31 bits per heavy atom. The standard InChI is InChI=1S/C12H18N2OS/c1-8-4-5-14(9(2)6-8)12-13-7-11(16-12)10(3)15/h7-9H,4-6H2,1-3H3. The van der Waals surface area contributed by atoms with E-state index >= 15 is 0 Å². The molecule has 2 rings (SSSR count). The zero-order valence-corrected chi connectivity index (χ0v) is 10.9. The van der Waals surface area contributed by atoms with E-state index in [4.69, 9.17) is 0 Å². The number of ketones is 1. The number of hydrogen-bond acceptors (Lipinski definition) is 4. The molecule has 4 heteroatoms. The van der Waals surface area contributed by atoms with Crippen LogP contribution in [0.2, 0.25) is 0 Å². The van der Waals surface area contributed by atoms with E-state index in [-0.39, 0.29) is 5.78 Å². The van der Waals surface area contributed by atoms with Gasteiger partial charge in [-0.3, -0.25) is 4.79 Å². The highest BCUT2D eigenvalue weighted by Crippen LogP contribution is 2.30. The van der Waals surface area contributed by atoms with E-state index in [1.807, 2.05) is 0 Å². The summed E-state index contributed by atoms with van der Waals surface area (Å²) in [6.07, 6.45) is 4.14. The van der Waals surface area contributed by atoms with Crippen LogP contribution >= 0.6 is 11.3 Å². The van der Waals surface area contributed by atoms with Gasteiger partial charge in [-0.2, -0.15) is 0 Å². The van der Waals surface area contributed by atoms with Crippen molar-refractivity contribution in [3.05, 3.63) is 11.1 Å². The molecule has 1 aliphatic heterocycles. The van der Waals surface area contributed by atoms with Crippen molar-refractivity contribution in [1.29, 1.82) is 0 Å². The molecule has 0 aliphatic carbocycles. The largest absolute Gasteiger partial charge is 0.345 e. The molecule has 0 aromatic carbocycles. The van der Waals surface area contributed by atoms with Gasteiger partial charge in [0.05, 0.1) is 11.1 Å². The Balaban J connectivity index is 2.14. The monoisotopic (exact) mass is 238 g/mol. The Morgan fingerprint density at radius 1 is 1.56 bits per heavy atom. The third-order valence-electron chi connectivity index (χ3n) is 3.22. The average molecular weight is 238 g/mol. The molecule has 1 aliphatic rings. The van der Waals surface area contributed by atoms with Gasteiger partial charge in [0.15, 0.2) is 10.9 Å². The Labute approximate surface area is 100 Å². The summed E-state index contributed by atoms with van der Waals surface area (Å²) in [5.74, 6) is 0.917. The molecule has 88 valence electrons. The van der Waals surface area contributed by atoms with Crippen molar-refractivity contribution < 1.29 is 4.79 Å². The first-order valence-electron chi connectivity index (χ1n) is 5.81. The summed E-state index contributed by atoms with van der Waals surface area (Å²) < 4.78 is 0. The molecule has 2 atom stereocenters. The Morgan fingerprint density at radius 3 is 2.88 bits per heavy atom. The quantitative estimate of drug-likeness (QED) is 0.743. The highest BCUT2D eigenvalue weighted by molar-refractivity contribution is 7.17. The summed E-state index contributed by atoms with van der Waals surface area (Å²) in [5, 5.41) is 1.00. The summed E-state index contributed by atoms with van der Waals surface area (Å²) >= 11 is 1.52. The molecule has 2 unspecified atom stereocenters. The molecule has 2 heterocycles. The van der Waals surface area contributed by atoms with E-state index < -0.39 is 0 Å². The van der Waals surface area contributed by atoms with Crippen LogP contribution in [0.4, 0.5) is 5.13 Å². The summed E-state index contributed by atoms with van der Waals surface area (Å²) in [7, 11) is 0. The predicted octanol–water partition coefficient (Wildman–Crippen LogP) is 2.97. The lowest BCUT2D eigenvalue weighted by atomic mass is 9.94. The number of anilines is 1. The maximum atomic E-state index is 11.2. The lowest BCUT2D eigenvalue weighted by Crippen LogP contribution is -2.40. The van der Waals surface area contributed by atoms with E-state index in [1.54, 1.807) is 13.1 Å². The number of rotatable bonds is 2. The van der Waals surface area contributed by atoms with Crippen molar-refractivity contribution in [1.82, 2.24) is 4.98 Å². The predicted molar refractivity (Wildman–Crippen MR) is 67.3 cm³/mol. The fourth-order valence-corrected chi connectivity index (χ4v) is 3.19. The van der Waals surface area contributed by atoms with Crippen molar-refractivity contribution in [2.24, 2.45) is 5.92 Å². The number of piperidine rings is 1. The van der Waals surface area contributed by atoms with Gasteiger partial charge in [0.2, 0.25) is 0 Å². The first kappa shape index (κ1) is 11.6. The number of hydrogen-bond donors (Lipinski definition) is 0. The first-order chi connectivity index (χ1) is 7.58. The first-order valence-corrected chi connectivity index (χ1v) is 6.63. The number of carbonyl (C=O) groups excluding carboxylic acids is 1. The van der Waals surface area contributed by atoms with Crippen LogP contribution in [0.5, 0.6) is 0 Å². The molecule has 0 saturated carbocycles. The molecule has 0 amide bonds. The molecule has 0 spiro atoms. The van der Waals surface area contributed by atoms with Gasteiger partial charge in [-0.15, -0.1) is 0 Å². The Hall–Kier alpha value is -0.900. The lowest BCUT2D eigenvalue weighted by molar-refractivity contribution is 0.102. The number of nitrogens with zero attached hydrogens (tertiary/aromatic N) is 2. The Bertz CT molecular complexity index is 388. The second-order valence-corrected chi connectivity index (χ2v) is 5.74. The van der Waals surface area contributed by atoms with Crippen LogP contribution in [0.1, 0.15) is 43.3 Å². The molecule has 0 N–H and O–H groups in total. The summed E-state index contributed by atoms with van der Waals surface area (Å²) in [6, 6.07) is 0.537. The highest BCUT2D eigenvalue weighted by Gasteiger charge is 2.25. The minimum Gasteiger partial charge on any atom is -0.345 e. The van der Waals surface area contributed by atoms with Crippen LogP contribution in [0.15, 0.2) is 6.20 Å². The maximum absolute atomic E-state index is 11.2. The minimum absolute atomic E-state index is 0.113. The molecular formula is C12H18N2OS. The minimum atomic E-state index is 0.113. The van der Waals surface area contributed by atoms with Crippen LogP contribution in [0.3, 0.4) is 0 Å². The van der Waals surface area contributed by atoms with E-state index in [0.29, 0.717) is 6.04 Å². The van der Waals surface area contributed by atoms with Crippen LogP contribution in [-0.4, -0.2) is 23.4 Å². The molecule has 1 fully saturated rings. The normalized spacial score (nSPS) is 25.8. The van der Waals surface area contributed by atoms with Gasteiger partial charge in [-0.25, -0.2) is 4.98 Å². The maximum Gasteiger partial charge on any atom is 0.186 e. The van der Waals surface area contributed by atoms with Crippen LogP contribution in [0.25, 0.3) is 0 Å². The fourth-order valence-electron chi connectivity index (χ4n) is 2.25. The highest BCUT2D eigenvalue weighted by atomic mass is 32.1. The van der Waals surface area contributed by atoms with Gasteiger partial charge in [0, 0.05) is 19.5 Å². The van der Waals surface area contributed by atoms with E-state index in [0.717, 1.165) is 22.5 Å². The van der Waals surface area contributed by atoms with Gasteiger partial charge in [-0.05, 0) is 25.7 Å². The van der Waals surface area contributed by atoms with Crippen molar-refractivity contribution in [2.75, 3.05) is 11.4 Å². The van der Waals surface area contributed by atoms with Crippen LogP contribution in [-0.2, 0) is 0 Å². The molecule has 16 heavy (non-hydrogen) atoms. The average Bonchev–Trinajstić information content (AvgIpc) is 2.66. The smallest absolute Gasteiger partial charge is 0.186 e. The topological polar surface area (TPSA) is 33.2 Å². The second-order valence-electron chi connectivity index (χ2n) is 4.74. The van der Waals surface area contributed by atoms with Crippen molar-refractivity contribution in [2.45, 2.75) is 39.7 Å². The molecular weight excluding hydrogens is 220 g/mol. The van der Waals surface area contributed by atoms with Gasteiger partial charge in [-0.1, -0.05) is 18.3 Å². The van der Waals surface area contributed by atoms with E-state index in [9.17, 15) is 4.79 Å². The lowest BCUT2D eigenvalue weighted by Gasteiger charge is -2.36. The second kappa shape index (κ2) is 4.53. The number of aromatic nitrogens is 1. The molecule has 1 aromatic rings.